The topological polar surface area (TPSA) is 58.2 Å². The zero-order chi connectivity index (χ0) is 14.5. The monoisotopic (exact) mass is 304 g/mol. The molecular formula is C13H24N2O2S2. The molecular weight excluding hydrogens is 280 g/mol. The highest BCUT2D eigenvalue weighted by atomic mass is 32.2. The van der Waals surface area contributed by atoms with Crippen LogP contribution < -0.4 is 10.0 Å². The molecule has 0 unspecified atom stereocenters. The van der Waals surface area contributed by atoms with E-state index in [9.17, 15) is 8.42 Å². The second kappa shape index (κ2) is 6.83. The molecule has 1 rings (SSSR count). The fourth-order valence-electron chi connectivity index (χ4n) is 1.65. The summed E-state index contributed by atoms with van der Waals surface area (Å²) in [5, 5.41) is 3.06. The molecule has 0 aliphatic carbocycles. The number of thiophene rings is 1. The Kier molecular flexibility index (Phi) is 5.98. The first-order chi connectivity index (χ1) is 8.87. The van der Waals surface area contributed by atoms with E-state index in [2.05, 4.69) is 10.0 Å². The molecule has 0 spiro atoms. The highest BCUT2D eigenvalue weighted by Crippen LogP contribution is 2.25. The zero-order valence-electron chi connectivity index (χ0n) is 12.1. The van der Waals surface area contributed by atoms with Gasteiger partial charge in [-0.1, -0.05) is 13.8 Å². The Morgan fingerprint density at radius 2 is 1.89 bits per heavy atom. The van der Waals surface area contributed by atoms with Crippen molar-refractivity contribution in [1.29, 1.82) is 0 Å². The van der Waals surface area contributed by atoms with Crippen molar-refractivity contribution in [3.63, 3.8) is 0 Å². The van der Waals surface area contributed by atoms with Crippen LogP contribution in [0.5, 0.6) is 0 Å². The van der Waals surface area contributed by atoms with Gasteiger partial charge in [0.15, 0.2) is 0 Å². The molecule has 6 heteroatoms. The third kappa shape index (κ3) is 4.56. The van der Waals surface area contributed by atoms with Crippen molar-refractivity contribution in [2.24, 2.45) is 0 Å². The van der Waals surface area contributed by atoms with Crippen LogP contribution in [0.4, 0.5) is 0 Å². The standard InChI is InChI=1S/C13H24N2O2S2/c1-5-13(3,6-2)15-19(16,17)12-8-7-11(18-12)9-10-14-4/h7-8,14-15H,5-6,9-10H2,1-4H3. The van der Waals surface area contributed by atoms with Crippen molar-refractivity contribution in [3.8, 4) is 0 Å². The van der Waals surface area contributed by atoms with Crippen LogP contribution in [-0.4, -0.2) is 27.5 Å². The molecule has 110 valence electrons. The molecule has 1 aromatic rings. The number of hydrogen-bond acceptors (Lipinski definition) is 4. The lowest BCUT2D eigenvalue weighted by Gasteiger charge is -2.27. The summed E-state index contributed by atoms with van der Waals surface area (Å²) in [5.41, 5.74) is -0.367. The van der Waals surface area contributed by atoms with E-state index in [0.717, 1.165) is 30.7 Å². The van der Waals surface area contributed by atoms with Crippen molar-refractivity contribution < 1.29 is 8.42 Å². The molecule has 2 N–H and O–H groups in total. The van der Waals surface area contributed by atoms with E-state index in [1.165, 1.54) is 11.3 Å². The van der Waals surface area contributed by atoms with Crippen LogP contribution in [0.2, 0.25) is 0 Å². The predicted molar refractivity (Wildman–Crippen MR) is 81.3 cm³/mol. The molecule has 0 aliphatic rings. The summed E-state index contributed by atoms with van der Waals surface area (Å²) >= 11 is 1.35. The van der Waals surface area contributed by atoms with Gasteiger partial charge in [0.05, 0.1) is 0 Å². The summed E-state index contributed by atoms with van der Waals surface area (Å²) in [5.74, 6) is 0. The Labute approximate surface area is 120 Å². The van der Waals surface area contributed by atoms with Crippen LogP contribution in [0.1, 0.15) is 38.5 Å². The van der Waals surface area contributed by atoms with Gasteiger partial charge in [-0.25, -0.2) is 13.1 Å². The summed E-state index contributed by atoms with van der Waals surface area (Å²) in [6.07, 6.45) is 2.41. The van der Waals surface area contributed by atoms with E-state index in [1.54, 1.807) is 6.07 Å². The van der Waals surface area contributed by atoms with Gasteiger partial charge in [-0.2, -0.15) is 0 Å². The Balaban J connectivity index is 2.85. The quantitative estimate of drug-likeness (QED) is 0.775. The summed E-state index contributed by atoms with van der Waals surface area (Å²) in [4.78, 5) is 1.09. The van der Waals surface area contributed by atoms with E-state index >= 15 is 0 Å². The lowest BCUT2D eigenvalue weighted by molar-refractivity contribution is 0.389. The normalized spacial score (nSPS) is 12.8. The molecule has 19 heavy (non-hydrogen) atoms. The Morgan fingerprint density at radius 3 is 2.42 bits per heavy atom. The Hall–Kier alpha value is -0.430. The molecule has 0 saturated carbocycles. The van der Waals surface area contributed by atoms with Gasteiger partial charge in [0.2, 0.25) is 0 Å². The van der Waals surface area contributed by atoms with E-state index in [0.29, 0.717) is 4.21 Å². The van der Waals surface area contributed by atoms with Gasteiger partial charge in [0.1, 0.15) is 4.21 Å². The van der Waals surface area contributed by atoms with Crippen molar-refractivity contribution in [2.45, 2.75) is 49.8 Å². The molecule has 1 heterocycles. The minimum Gasteiger partial charge on any atom is -0.319 e. The molecule has 0 amide bonds. The summed E-state index contributed by atoms with van der Waals surface area (Å²) in [6, 6.07) is 3.59. The highest BCUT2D eigenvalue weighted by molar-refractivity contribution is 7.91. The number of rotatable bonds is 8. The van der Waals surface area contributed by atoms with E-state index in [1.807, 2.05) is 33.9 Å². The number of likely N-dealkylation sites (N-methyl/N-ethyl adjacent to an activating group) is 1. The molecule has 0 aromatic carbocycles. The molecule has 0 fully saturated rings. The molecule has 0 bridgehead atoms. The van der Waals surface area contributed by atoms with E-state index in [-0.39, 0.29) is 5.54 Å². The molecule has 0 radical (unpaired) electrons. The fourth-order valence-corrected chi connectivity index (χ4v) is 4.56. The average molecular weight is 304 g/mol. The van der Waals surface area contributed by atoms with Gasteiger partial charge >= 0.3 is 0 Å². The maximum absolute atomic E-state index is 12.3. The first-order valence-corrected chi connectivity index (χ1v) is 8.94. The molecule has 4 nitrogen and oxygen atoms in total. The van der Waals surface area contributed by atoms with Crippen LogP contribution in [0, 0.1) is 0 Å². The summed E-state index contributed by atoms with van der Waals surface area (Å²) in [6.45, 7) is 6.80. The largest absolute Gasteiger partial charge is 0.319 e. The highest BCUT2D eigenvalue weighted by Gasteiger charge is 2.28. The minimum atomic E-state index is -3.40. The molecule has 0 atom stereocenters. The number of sulfonamides is 1. The van der Waals surface area contributed by atoms with Crippen LogP contribution >= 0.6 is 11.3 Å². The fraction of sp³-hybridized carbons (Fsp3) is 0.692. The van der Waals surface area contributed by atoms with Crippen molar-refractivity contribution >= 4 is 21.4 Å². The van der Waals surface area contributed by atoms with Crippen molar-refractivity contribution in [1.82, 2.24) is 10.0 Å². The van der Waals surface area contributed by atoms with E-state index in [4.69, 9.17) is 0 Å². The summed E-state index contributed by atoms with van der Waals surface area (Å²) < 4.78 is 27.9. The molecule has 0 aliphatic heterocycles. The Morgan fingerprint density at radius 1 is 1.26 bits per heavy atom. The number of nitrogens with one attached hydrogen (secondary N) is 2. The lowest BCUT2D eigenvalue weighted by atomic mass is 9.98. The van der Waals surface area contributed by atoms with Gasteiger partial charge in [-0.15, -0.1) is 11.3 Å². The number of hydrogen-bond donors (Lipinski definition) is 2. The van der Waals surface area contributed by atoms with Gasteiger partial charge in [-0.05, 0) is 51.9 Å². The van der Waals surface area contributed by atoms with Gasteiger partial charge in [0.25, 0.3) is 10.0 Å². The van der Waals surface area contributed by atoms with Gasteiger partial charge < -0.3 is 5.32 Å². The average Bonchev–Trinajstić information content (AvgIpc) is 2.85. The molecule has 1 aromatic heterocycles. The third-order valence-corrected chi connectivity index (χ3v) is 6.74. The minimum absolute atomic E-state index is 0.367. The van der Waals surface area contributed by atoms with Crippen LogP contribution in [0.3, 0.4) is 0 Å². The van der Waals surface area contributed by atoms with Gasteiger partial charge in [0, 0.05) is 10.4 Å². The Bertz CT molecular complexity index is 490. The lowest BCUT2D eigenvalue weighted by Crippen LogP contribution is -2.44. The van der Waals surface area contributed by atoms with Crippen LogP contribution in [0.15, 0.2) is 16.3 Å². The maximum Gasteiger partial charge on any atom is 0.250 e. The third-order valence-electron chi connectivity index (χ3n) is 3.46. The molecule has 0 saturated heterocycles. The first-order valence-electron chi connectivity index (χ1n) is 6.64. The maximum atomic E-state index is 12.3. The second-order valence-corrected chi connectivity index (χ2v) is 8.03. The predicted octanol–water partition coefficient (Wildman–Crippen LogP) is 2.37. The zero-order valence-corrected chi connectivity index (χ0v) is 13.7. The van der Waals surface area contributed by atoms with Crippen LogP contribution in [-0.2, 0) is 16.4 Å². The smallest absolute Gasteiger partial charge is 0.250 e. The van der Waals surface area contributed by atoms with E-state index < -0.39 is 10.0 Å². The second-order valence-electron chi connectivity index (χ2n) is 4.95. The van der Waals surface area contributed by atoms with Crippen molar-refractivity contribution in [3.05, 3.63) is 17.0 Å². The van der Waals surface area contributed by atoms with Crippen molar-refractivity contribution in [2.75, 3.05) is 13.6 Å². The SMILES string of the molecule is CCC(C)(CC)NS(=O)(=O)c1ccc(CCNC)s1. The first kappa shape index (κ1) is 16.6. The van der Waals surface area contributed by atoms with Gasteiger partial charge in [-0.3, -0.25) is 0 Å². The van der Waals surface area contributed by atoms with Crippen LogP contribution in [0.25, 0.3) is 0 Å². The summed E-state index contributed by atoms with van der Waals surface area (Å²) in [7, 11) is -1.51.